The number of carboxylic acid groups (broad SMARTS) is 1. The molecule has 1 rings (SSSR count). The number of carbonyl (C=O) groups is 2. The first kappa shape index (κ1) is 15.3. The van der Waals surface area contributed by atoms with Crippen LogP contribution >= 0.6 is 11.6 Å². The Morgan fingerprint density at radius 3 is 2.26 bits per heavy atom. The summed E-state index contributed by atoms with van der Waals surface area (Å²) in [5.41, 5.74) is -0.434. The third-order valence-electron chi connectivity index (χ3n) is 2.68. The Bertz CT molecular complexity index is 471. The monoisotopic (exact) mass is 284 g/mol. The predicted molar refractivity (Wildman–Crippen MR) is 73.2 cm³/mol. The van der Waals surface area contributed by atoms with Crippen molar-refractivity contribution in [1.29, 1.82) is 0 Å². The van der Waals surface area contributed by atoms with E-state index in [9.17, 15) is 9.59 Å². The average Bonchev–Trinajstić information content (AvgIpc) is 2.28. The van der Waals surface area contributed by atoms with Crippen LogP contribution in [0.15, 0.2) is 24.3 Å². The number of halogens is 1. The van der Waals surface area contributed by atoms with Gasteiger partial charge in [0.1, 0.15) is 5.54 Å². The van der Waals surface area contributed by atoms with Crippen molar-refractivity contribution >= 4 is 23.6 Å². The summed E-state index contributed by atoms with van der Waals surface area (Å²) in [7, 11) is 0. The molecule has 1 aromatic carbocycles. The molecule has 0 aromatic heterocycles. The maximum atomic E-state index is 11.7. The molecule has 0 aliphatic rings. The molecule has 3 N–H and O–H groups in total. The predicted octanol–water partition coefficient (Wildman–Crippen LogP) is 2.56. The smallest absolute Gasteiger partial charge is 0.328 e. The zero-order valence-corrected chi connectivity index (χ0v) is 11.8. The molecule has 5 nitrogen and oxygen atoms in total. The van der Waals surface area contributed by atoms with Crippen LogP contribution in [0, 0.1) is 0 Å². The van der Waals surface area contributed by atoms with E-state index in [1.165, 1.54) is 13.8 Å². The maximum absolute atomic E-state index is 11.7. The van der Waals surface area contributed by atoms with Gasteiger partial charge in [-0.3, -0.25) is 0 Å². The van der Waals surface area contributed by atoms with E-state index in [4.69, 9.17) is 16.7 Å². The lowest BCUT2D eigenvalue weighted by Gasteiger charge is -2.23. The summed E-state index contributed by atoms with van der Waals surface area (Å²) in [5, 5.41) is 14.6. The number of nitrogens with one attached hydrogen (secondary N) is 2. The van der Waals surface area contributed by atoms with Crippen LogP contribution in [-0.2, 0) is 4.79 Å². The van der Waals surface area contributed by atoms with Crippen LogP contribution in [0.1, 0.15) is 32.4 Å². The van der Waals surface area contributed by atoms with Gasteiger partial charge in [-0.05, 0) is 38.5 Å². The van der Waals surface area contributed by atoms with Gasteiger partial charge in [-0.2, -0.15) is 0 Å². The van der Waals surface area contributed by atoms with Crippen molar-refractivity contribution in [3.8, 4) is 0 Å². The molecule has 1 aromatic rings. The first-order valence-corrected chi connectivity index (χ1v) is 6.17. The molecule has 0 fully saturated rings. The van der Waals surface area contributed by atoms with E-state index in [1.807, 2.05) is 0 Å². The van der Waals surface area contributed by atoms with Gasteiger partial charge in [-0.1, -0.05) is 23.7 Å². The second kappa shape index (κ2) is 5.93. The Morgan fingerprint density at radius 2 is 1.79 bits per heavy atom. The summed E-state index contributed by atoms with van der Waals surface area (Å²) in [5.74, 6) is -1.10. The van der Waals surface area contributed by atoms with Crippen molar-refractivity contribution in [1.82, 2.24) is 10.6 Å². The Labute approximate surface area is 117 Å². The summed E-state index contributed by atoms with van der Waals surface area (Å²) in [4.78, 5) is 22.6. The standard InChI is InChI=1S/C13H17ClN2O3/c1-8(9-4-6-10(14)7-5-9)15-12(19)16-13(2,3)11(17)18/h4-8H,1-3H3,(H,17,18)(H2,15,16,19). The molecule has 0 spiro atoms. The fourth-order valence-corrected chi connectivity index (χ4v) is 1.53. The molecule has 0 radical (unpaired) electrons. The largest absolute Gasteiger partial charge is 0.480 e. The molecule has 6 heteroatoms. The topological polar surface area (TPSA) is 78.4 Å². The lowest BCUT2D eigenvalue weighted by Crippen LogP contribution is -2.53. The zero-order valence-electron chi connectivity index (χ0n) is 11.0. The fourth-order valence-electron chi connectivity index (χ4n) is 1.40. The summed E-state index contributed by atoms with van der Waals surface area (Å²) in [6, 6.07) is 6.28. The van der Waals surface area contributed by atoms with Crippen LogP contribution in [0.2, 0.25) is 5.02 Å². The second-order valence-electron chi connectivity index (χ2n) is 4.80. The molecule has 19 heavy (non-hydrogen) atoms. The molecule has 0 saturated heterocycles. The Kier molecular flexibility index (Phi) is 4.78. The van der Waals surface area contributed by atoms with Crippen molar-refractivity contribution in [2.75, 3.05) is 0 Å². The molecular formula is C13H17ClN2O3. The average molecular weight is 285 g/mol. The van der Waals surface area contributed by atoms with Gasteiger partial charge in [0, 0.05) is 5.02 Å². The quantitative estimate of drug-likeness (QED) is 0.795. The highest BCUT2D eigenvalue weighted by atomic mass is 35.5. The van der Waals surface area contributed by atoms with Crippen molar-refractivity contribution in [2.24, 2.45) is 0 Å². The SMILES string of the molecule is CC(NC(=O)NC(C)(C)C(=O)O)c1ccc(Cl)cc1. The number of hydrogen-bond donors (Lipinski definition) is 3. The highest BCUT2D eigenvalue weighted by Crippen LogP contribution is 2.16. The van der Waals surface area contributed by atoms with Gasteiger partial charge < -0.3 is 15.7 Å². The highest BCUT2D eigenvalue weighted by Gasteiger charge is 2.29. The van der Waals surface area contributed by atoms with Crippen LogP contribution in [0.3, 0.4) is 0 Å². The van der Waals surface area contributed by atoms with Crippen molar-refractivity contribution in [2.45, 2.75) is 32.4 Å². The number of rotatable bonds is 4. The van der Waals surface area contributed by atoms with Gasteiger partial charge >= 0.3 is 12.0 Å². The molecule has 0 saturated carbocycles. The van der Waals surface area contributed by atoms with Gasteiger partial charge in [0.2, 0.25) is 0 Å². The van der Waals surface area contributed by atoms with E-state index < -0.39 is 17.5 Å². The van der Waals surface area contributed by atoms with E-state index in [-0.39, 0.29) is 6.04 Å². The zero-order chi connectivity index (χ0) is 14.6. The number of urea groups is 1. The van der Waals surface area contributed by atoms with Gasteiger partial charge in [0.15, 0.2) is 0 Å². The van der Waals surface area contributed by atoms with Crippen LogP contribution in [0.25, 0.3) is 0 Å². The van der Waals surface area contributed by atoms with Crippen LogP contribution < -0.4 is 10.6 Å². The second-order valence-corrected chi connectivity index (χ2v) is 5.24. The first-order chi connectivity index (χ1) is 8.72. The first-order valence-electron chi connectivity index (χ1n) is 5.80. The molecule has 0 bridgehead atoms. The summed E-state index contributed by atoms with van der Waals surface area (Å²) in [6.07, 6.45) is 0. The Balaban J connectivity index is 2.62. The number of benzene rings is 1. The molecule has 1 atom stereocenters. The maximum Gasteiger partial charge on any atom is 0.328 e. The van der Waals surface area contributed by atoms with Gasteiger partial charge in [0.05, 0.1) is 6.04 Å². The molecule has 2 amide bonds. The molecule has 0 aliphatic heterocycles. The number of carbonyl (C=O) groups excluding carboxylic acids is 1. The minimum Gasteiger partial charge on any atom is -0.480 e. The summed E-state index contributed by atoms with van der Waals surface area (Å²) < 4.78 is 0. The number of carboxylic acids is 1. The lowest BCUT2D eigenvalue weighted by molar-refractivity contribution is -0.142. The normalized spacial score (nSPS) is 12.6. The van der Waals surface area contributed by atoms with Gasteiger partial charge in [0.25, 0.3) is 0 Å². The Morgan fingerprint density at radius 1 is 1.26 bits per heavy atom. The van der Waals surface area contributed by atoms with Crippen LogP contribution in [0.5, 0.6) is 0 Å². The van der Waals surface area contributed by atoms with E-state index in [1.54, 1.807) is 31.2 Å². The minimum atomic E-state index is -1.32. The molecular weight excluding hydrogens is 268 g/mol. The van der Waals surface area contributed by atoms with Gasteiger partial charge in [-0.15, -0.1) is 0 Å². The van der Waals surface area contributed by atoms with Gasteiger partial charge in [-0.25, -0.2) is 9.59 Å². The number of amides is 2. The number of hydrogen-bond acceptors (Lipinski definition) is 2. The third kappa shape index (κ3) is 4.44. The van der Waals surface area contributed by atoms with Crippen LogP contribution in [0.4, 0.5) is 4.79 Å². The van der Waals surface area contributed by atoms with E-state index >= 15 is 0 Å². The van der Waals surface area contributed by atoms with Crippen molar-refractivity contribution in [3.63, 3.8) is 0 Å². The summed E-state index contributed by atoms with van der Waals surface area (Å²) in [6.45, 7) is 4.64. The molecule has 0 heterocycles. The molecule has 0 aliphatic carbocycles. The Hall–Kier alpha value is -1.75. The van der Waals surface area contributed by atoms with Crippen molar-refractivity contribution in [3.05, 3.63) is 34.9 Å². The van der Waals surface area contributed by atoms with E-state index in [0.717, 1.165) is 5.56 Å². The molecule has 1 unspecified atom stereocenters. The van der Waals surface area contributed by atoms with E-state index in [0.29, 0.717) is 5.02 Å². The third-order valence-corrected chi connectivity index (χ3v) is 2.93. The van der Waals surface area contributed by atoms with Crippen molar-refractivity contribution < 1.29 is 14.7 Å². The van der Waals surface area contributed by atoms with Crippen LogP contribution in [-0.4, -0.2) is 22.6 Å². The summed E-state index contributed by atoms with van der Waals surface area (Å²) >= 11 is 5.78. The minimum absolute atomic E-state index is 0.248. The highest BCUT2D eigenvalue weighted by molar-refractivity contribution is 6.30. The lowest BCUT2D eigenvalue weighted by atomic mass is 10.1. The van der Waals surface area contributed by atoms with E-state index in [2.05, 4.69) is 10.6 Å². The fraction of sp³-hybridized carbons (Fsp3) is 0.385. The number of aliphatic carboxylic acids is 1. The molecule has 104 valence electrons.